The van der Waals surface area contributed by atoms with Gasteiger partial charge in [-0.3, -0.25) is 4.79 Å². The smallest absolute Gasteiger partial charge is 0.248 e. The predicted molar refractivity (Wildman–Crippen MR) is 87.5 cm³/mol. The Hall–Kier alpha value is -2.20. The van der Waals surface area contributed by atoms with E-state index in [1.165, 1.54) is 0 Å². The van der Waals surface area contributed by atoms with Crippen molar-refractivity contribution < 1.29 is 4.79 Å². The number of para-hydroxylation sites is 2. The second kappa shape index (κ2) is 6.50. The molecule has 2 aromatic carbocycles. The van der Waals surface area contributed by atoms with Crippen molar-refractivity contribution in [2.24, 2.45) is 5.73 Å². The van der Waals surface area contributed by atoms with Crippen LogP contribution in [0, 0.1) is 0 Å². The molecule has 0 saturated carbocycles. The molecule has 0 aliphatic heterocycles. The van der Waals surface area contributed by atoms with Gasteiger partial charge in [0.25, 0.3) is 0 Å². The summed E-state index contributed by atoms with van der Waals surface area (Å²) in [6.45, 7) is 3.46. The highest BCUT2D eigenvalue weighted by molar-refractivity contribution is 6.31. The Balaban J connectivity index is 2.27. The van der Waals surface area contributed by atoms with E-state index in [-0.39, 0.29) is 0 Å². The first kappa shape index (κ1) is 15.2. The minimum atomic E-state index is -0.483. The van der Waals surface area contributed by atoms with Gasteiger partial charge in [0.15, 0.2) is 0 Å². The Morgan fingerprint density at radius 3 is 2.52 bits per heavy atom. The van der Waals surface area contributed by atoms with Gasteiger partial charge in [0.2, 0.25) is 5.91 Å². The monoisotopic (exact) mass is 303 g/mol. The molecule has 4 nitrogen and oxygen atoms in total. The normalized spacial score (nSPS) is 10.4. The maximum absolute atomic E-state index is 11.1. The number of hydrogen-bond acceptors (Lipinski definition) is 3. The van der Waals surface area contributed by atoms with Crippen LogP contribution in [-0.4, -0.2) is 12.5 Å². The van der Waals surface area contributed by atoms with E-state index in [1.54, 1.807) is 12.1 Å². The Bertz CT molecular complexity index is 658. The zero-order chi connectivity index (χ0) is 15.4. The van der Waals surface area contributed by atoms with Crippen molar-refractivity contribution in [3.05, 3.63) is 58.6 Å². The molecule has 0 fully saturated rings. The number of benzene rings is 2. The highest BCUT2D eigenvalue weighted by atomic mass is 35.5. The molecule has 21 heavy (non-hydrogen) atoms. The first-order chi connectivity index (χ1) is 10.0. The van der Waals surface area contributed by atoms with Crippen LogP contribution in [0.3, 0.4) is 0 Å². The Morgan fingerprint density at radius 1 is 1.24 bits per heavy atom. The van der Waals surface area contributed by atoms with Crippen molar-refractivity contribution in [1.29, 1.82) is 0 Å². The van der Waals surface area contributed by atoms with Gasteiger partial charge in [-0.25, -0.2) is 0 Å². The van der Waals surface area contributed by atoms with Gasteiger partial charge in [0.1, 0.15) is 0 Å². The van der Waals surface area contributed by atoms with Crippen molar-refractivity contribution in [2.45, 2.75) is 13.5 Å². The molecule has 0 aromatic heterocycles. The van der Waals surface area contributed by atoms with Crippen LogP contribution in [0.2, 0.25) is 5.02 Å². The molecule has 2 aromatic rings. The van der Waals surface area contributed by atoms with Crippen LogP contribution in [0.4, 0.5) is 11.4 Å². The third kappa shape index (κ3) is 3.47. The molecule has 0 unspecified atom stereocenters. The molecular weight excluding hydrogens is 286 g/mol. The second-order valence-corrected chi connectivity index (χ2v) is 5.15. The fraction of sp³-hybridized carbons (Fsp3) is 0.188. The number of nitrogens with zero attached hydrogens (tertiary/aromatic N) is 1. The van der Waals surface area contributed by atoms with Crippen LogP contribution in [0.1, 0.15) is 22.8 Å². The number of carbonyl (C=O) groups is 1. The molecule has 0 saturated heterocycles. The number of halogens is 1. The summed E-state index contributed by atoms with van der Waals surface area (Å²) in [5, 5.41) is 0.527. The third-order valence-electron chi connectivity index (χ3n) is 3.36. The first-order valence-corrected chi connectivity index (χ1v) is 7.08. The minimum absolute atomic E-state index is 0.408. The Morgan fingerprint density at radius 2 is 1.95 bits per heavy atom. The summed E-state index contributed by atoms with van der Waals surface area (Å²) < 4.78 is 0. The molecule has 0 radical (unpaired) electrons. The summed E-state index contributed by atoms with van der Waals surface area (Å²) >= 11 is 6.24. The second-order valence-electron chi connectivity index (χ2n) is 4.74. The van der Waals surface area contributed by atoms with Crippen LogP contribution >= 0.6 is 11.6 Å². The molecule has 1 amide bonds. The van der Waals surface area contributed by atoms with E-state index in [0.29, 0.717) is 17.1 Å². The zero-order valence-electron chi connectivity index (χ0n) is 11.8. The van der Waals surface area contributed by atoms with Gasteiger partial charge >= 0.3 is 0 Å². The summed E-state index contributed by atoms with van der Waals surface area (Å²) in [5.74, 6) is -0.483. The van der Waals surface area contributed by atoms with E-state index in [2.05, 4.69) is 11.8 Å². The average molecular weight is 304 g/mol. The number of amides is 1. The number of carbonyl (C=O) groups excluding carboxylic acids is 1. The fourth-order valence-electron chi connectivity index (χ4n) is 2.18. The summed E-state index contributed by atoms with van der Waals surface area (Å²) in [7, 11) is 0. The van der Waals surface area contributed by atoms with Gasteiger partial charge in [0, 0.05) is 23.7 Å². The molecule has 0 aliphatic rings. The van der Waals surface area contributed by atoms with Crippen molar-refractivity contribution in [1.82, 2.24) is 0 Å². The zero-order valence-corrected chi connectivity index (χ0v) is 12.6. The molecule has 0 aliphatic carbocycles. The van der Waals surface area contributed by atoms with E-state index >= 15 is 0 Å². The van der Waals surface area contributed by atoms with E-state index in [9.17, 15) is 4.79 Å². The molecule has 4 N–H and O–H groups in total. The average Bonchev–Trinajstić information content (AvgIpc) is 2.47. The fourth-order valence-corrected chi connectivity index (χ4v) is 2.42. The molecule has 0 heterocycles. The molecule has 0 atom stereocenters. The number of primary amides is 1. The lowest BCUT2D eigenvalue weighted by molar-refractivity contribution is 0.100. The Kier molecular flexibility index (Phi) is 4.70. The third-order valence-corrected chi connectivity index (χ3v) is 3.71. The highest BCUT2D eigenvalue weighted by Crippen LogP contribution is 2.26. The van der Waals surface area contributed by atoms with E-state index in [0.717, 1.165) is 23.5 Å². The van der Waals surface area contributed by atoms with Crippen molar-refractivity contribution in [3.63, 3.8) is 0 Å². The number of nitrogen functional groups attached to an aromatic ring is 1. The SMILES string of the molecule is CCN(Cc1ccc(C(N)=O)cc1Cl)c1ccccc1N. The largest absolute Gasteiger partial charge is 0.397 e. The van der Waals surface area contributed by atoms with Crippen LogP contribution in [0.5, 0.6) is 0 Å². The lowest BCUT2D eigenvalue weighted by atomic mass is 10.1. The number of hydrogen-bond donors (Lipinski definition) is 2. The maximum atomic E-state index is 11.1. The van der Waals surface area contributed by atoms with E-state index in [1.807, 2.05) is 30.3 Å². The van der Waals surface area contributed by atoms with Gasteiger partial charge in [-0.05, 0) is 36.8 Å². The highest BCUT2D eigenvalue weighted by Gasteiger charge is 2.11. The van der Waals surface area contributed by atoms with Gasteiger partial charge in [-0.15, -0.1) is 0 Å². The summed E-state index contributed by atoms with van der Waals surface area (Å²) in [4.78, 5) is 13.3. The van der Waals surface area contributed by atoms with Gasteiger partial charge in [0.05, 0.1) is 11.4 Å². The van der Waals surface area contributed by atoms with Gasteiger partial charge < -0.3 is 16.4 Å². The molecule has 0 bridgehead atoms. The molecule has 5 heteroatoms. The lowest BCUT2D eigenvalue weighted by Gasteiger charge is -2.25. The van der Waals surface area contributed by atoms with E-state index in [4.69, 9.17) is 23.1 Å². The van der Waals surface area contributed by atoms with Crippen molar-refractivity contribution >= 4 is 28.9 Å². The molecule has 0 spiro atoms. The number of anilines is 2. The maximum Gasteiger partial charge on any atom is 0.248 e. The molecule has 2 rings (SSSR count). The van der Waals surface area contributed by atoms with Crippen LogP contribution < -0.4 is 16.4 Å². The van der Waals surface area contributed by atoms with Crippen LogP contribution in [0.15, 0.2) is 42.5 Å². The number of nitrogens with two attached hydrogens (primary N) is 2. The minimum Gasteiger partial charge on any atom is -0.397 e. The summed E-state index contributed by atoms with van der Waals surface area (Å²) in [6, 6.07) is 12.8. The number of rotatable bonds is 5. The Labute approximate surface area is 129 Å². The predicted octanol–water partition coefficient (Wildman–Crippen LogP) is 3.05. The topological polar surface area (TPSA) is 72.3 Å². The first-order valence-electron chi connectivity index (χ1n) is 6.70. The summed E-state index contributed by atoms with van der Waals surface area (Å²) in [6.07, 6.45) is 0. The quantitative estimate of drug-likeness (QED) is 0.834. The van der Waals surface area contributed by atoms with Gasteiger partial charge in [-0.1, -0.05) is 29.8 Å². The van der Waals surface area contributed by atoms with Crippen LogP contribution in [0.25, 0.3) is 0 Å². The van der Waals surface area contributed by atoms with Crippen molar-refractivity contribution in [2.75, 3.05) is 17.2 Å². The molecular formula is C16H18ClN3O. The standard InChI is InChI=1S/C16H18ClN3O/c1-2-20(15-6-4-3-5-14(15)18)10-12-8-7-11(16(19)21)9-13(12)17/h3-9H,2,10,18H2,1H3,(H2,19,21). The van der Waals surface area contributed by atoms with Crippen molar-refractivity contribution in [3.8, 4) is 0 Å². The molecule has 110 valence electrons. The van der Waals surface area contributed by atoms with E-state index < -0.39 is 5.91 Å². The van der Waals surface area contributed by atoms with Crippen LogP contribution in [-0.2, 0) is 6.54 Å². The summed E-state index contributed by atoms with van der Waals surface area (Å²) in [5.41, 5.74) is 14.3. The van der Waals surface area contributed by atoms with Gasteiger partial charge in [-0.2, -0.15) is 0 Å². The lowest BCUT2D eigenvalue weighted by Crippen LogP contribution is -2.23.